The number of halogens is 2. The molecule has 0 radical (unpaired) electrons. The van der Waals surface area contributed by atoms with Gasteiger partial charge in [0, 0.05) is 24.6 Å². The second-order valence-electron chi connectivity index (χ2n) is 4.07. The van der Waals surface area contributed by atoms with Crippen LogP contribution in [0.2, 0.25) is 0 Å². The molecule has 3 nitrogen and oxygen atoms in total. The highest BCUT2D eigenvalue weighted by molar-refractivity contribution is 5.69. The summed E-state index contributed by atoms with van der Waals surface area (Å²) in [4.78, 5) is 11.0. The third-order valence-corrected chi connectivity index (χ3v) is 2.44. The van der Waals surface area contributed by atoms with Gasteiger partial charge in [0.1, 0.15) is 17.4 Å². The molecule has 1 aromatic rings. The highest BCUT2D eigenvalue weighted by Gasteiger charge is 2.03. The first-order chi connectivity index (χ1) is 9.11. The standard InChI is InChI=1S/C14H18F2O3/c1-2-18-14(17)6-4-3-5-7-19-13-9-11(15)8-12(16)10-13/h8-10H,2-7H2,1H3. The van der Waals surface area contributed by atoms with Gasteiger partial charge in [-0.15, -0.1) is 0 Å². The first kappa shape index (κ1) is 15.4. The van der Waals surface area contributed by atoms with Gasteiger partial charge in [0.25, 0.3) is 0 Å². The minimum atomic E-state index is -0.655. The molecule has 0 fully saturated rings. The summed E-state index contributed by atoms with van der Waals surface area (Å²) in [6.45, 7) is 2.53. The number of carbonyl (C=O) groups excluding carboxylic acids is 1. The Morgan fingerprint density at radius 2 is 1.79 bits per heavy atom. The quantitative estimate of drug-likeness (QED) is 0.537. The van der Waals surface area contributed by atoms with Crippen LogP contribution in [-0.2, 0) is 9.53 Å². The van der Waals surface area contributed by atoms with Gasteiger partial charge in [-0.2, -0.15) is 0 Å². The molecular weight excluding hydrogens is 254 g/mol. The smallest absolute Gasteiger partial charge is 0.305 e. The van der Waals surface area contributed by atoms with E-state index in [0.29, 0.717) is 19.6 Å². The molecule has 19 heavy (non-hydrogen) atoms. The molecule has 5 heteroatoms. The van der Waals surface area contributed by atoms with Crippen molar-refractivity contribution in [3.63, 3.8) is 0 Å². The molecule has 0 spiro atoms. The Bertz CT molecular complexity index is 387. The molecule has 0 amide bonds. The van der Waals surface area contributed by atoms with Gasteiger partial charge >= 0.3 is 5.97 Å². The zero-order valence-corrected chi connectivity index (χ0v) is 11.0. The van der Waals surface area contributed by atoms with E-state index in [1.807, 2.05) is 0 Å². The largest absolute Gasteiger partial charge is 0.493 e. The van der Waals surface area contributed by atoms with E-state index in [4.69, 9.17) is 9.47 Å². The van der Waals surface area contributed by atoms with Crippen molar-refractivity contribution in [1.82, 2.24) is 0 Å². The first-order valence-corrected chi connectivity index (χ1v) is 6.36. The van der Waals surface area contributed by atoms with E-state index in [1.165, 1.54) is 0 Å². The van der Waals surface area contributed by atoms with Gasteiger partial charge in [-0.1, -0.05) is 0 Å². The van der Waals surface area contributed by atoms with E-state index in [2.05, 4.69) is 0 Å². The van der Waals surface area contributed by atoms with E-state index >= 15 is 0 Å². The lowest BCUT2D eigenvalue weighted by Gasteiger charge is -2.06. The van der Waals surface area contributed by atoms with Crippen molar-refractivity contribution in [2.45, 2.75) is 32.6 Å². The third kappa shape index (κ3) is 6.74. The summed E-state index contributed by atoms with van der Waals surface area (Å²) in [7, 11) is 0. The molecule has 0 aliphatic heterocycles. The van der Waals surface area contributed by atoms with Crippen molar-refractivity contribution in [3.05, 3.63) is 29.8 Å². The van der Waals surface area contributed by atoms with Crippen LogP contribution < -0.4 is 4.74 Å². The van der Waals surface area contributed by atoms with Crippen LogP contribution in [0.4, 0.5) is 8.78 Å². The van der Waals surface area contributed by atoms with Crippen LogP contribution in [0.3, 0.4) is 0 Å². The molecule has 0 aliphatic carbocycles. The number of hydrogen-bond acceptors (Lipinski definition) is 3. The maximum Gasteiger partial charge on any atom is 0.305 e. The van der Waals surface area contributed by atoms with Crippen molar-refractivity contribution in [2.75, 3.05) is 13.2 Å². The summed E-state index contributed by atoms with van der Waals surface area (Å²) < 4.78 is 35.7. The maximum atomic E-state index is 12.8. The number of ether oxygens (including phenoxy) is 2. The van der Waals surface area contributed by atoms with E-state index in [0.717, 1.165) is 37.5 Å². The van der Waals surface area contributed by atoms with Crippen LogP contribution in [0.25, 0.3) is 0 Å². The van der Waals surface area contributed by atoms with E-state index < -0.39 is 11.6 Å². The average molecular weight is 272 g/mol. The van der Waals surface area contributed by atoms with Crippen molar-refractivity contribution in [1.29, 1.82) is 0 Å². The summed E-state index contributed by atoms with van der Waals surface area (Å²) in [5, 5.41) is 0. The Morgan fingerprint density at radius 1 is 1.11 bits per heavy atom. The second-order valence-corrected chi connectivity index (χ2v) is 4.07. The Balaban J connectivity index is 2.12. The van der Waals surface area contributed by atoms with Crippen molar-refractivity contribution < 1.29 is 23.0 Å². The summed E-state index contributed by atoms with van der Waals surface area (Å²) in [6.07, 6.45) is 2.64. The normalized spacial score (nSPS) is 10.3. The summed E-state index contributed by atoms with van der Waals surface area (Å²) in [6, 6.07) is 3.08. The summed E-state index contributed by atoms with van der Waals surface area (Å²) >= 11 is 0. The molecule has 0 aromatic heterocycles. The first-order valence-electron chi connectivity index (χ1n) is 6.36. The van der Waals surface area contributed by atoms with Crippen LogP contribution in [-0.4, -0.2) is 19.2 Å². The molecule has 0 saturated carbocycles. The molecule has 0 bridgehead atoms. The molecule has 0 N–H and O–H groups in total. The average Bonchev–Trinajstić information content (AvgIpc) is 2.32. The number of benzene rings is 1. The lowest BCUT2D eigenvalue weighted by Crippen LogP contribution is -2.04. The van der Waals surface area contributed by atoms with Crippen molar-refractivity contribution in [2.24, 2.45) is 0 Å². The topological polar surface area (TPSA) is 35.5 Å². The summed E-state index contributed by atoms with van der Waals surface area (Å²) in [5.41, 5.74) is 0. The maximum absolute atomic E-state index is 12.8. The van der Waals surface area contributed by atoms with Gasteiger partial charge < -0.3 is 9.47 Å². The number of rotatable bonds is 8. The SMILES string of the molecule is CCOC(=O)CCCCCOc1cc(F)cc(F)c1. The van der Waals surface area contributed by atoms with Crippen LogP contribution in [0.1, 0.15) is 32.6 Å². The van der Waals surface area contributed by atoms with Gasteiger partial charge in [0.2, 0.25) is 0 Å². The molecule has 0 atom stereocenters. The Kier molecular flexibility index (Phi) is 6.85. The van der Waals surface area contributed by atoms with Gasteiger partial charge in [-0.25, -0.2) is 8.78 Å². The molecule has 0 aliphatic rings. The number of unbranched alkanes of at least 4 members (excludes halogenated alkanes) is 2. The fraction of sp³-hybridized carbons (Fsp3) is 0.500. The number of esters is 1. The van der Waals surface area contributed by atoms with Crippen molar-refractivity contribution in [3.8, 4) is 5.75 Å². The highest BCUT2D eigenvalue weighted by atomic mass is 19.1. The molecule has 0 heterocycles. The predicted octanol–water partition coefficient (Wildman–Crippen LogP) is 3.47. The minimum Gasteiger partial charge on any atom is -0.493 e. The van der Waals surface area contributed by atoms with Crippen LogP contribution in [0.15, 0.2) is 18.2 Å². The molecule has 0 saturated heterocycles. The zero-order chi connectivity index (χ0) is 14.1. The Hall–Kier alpha value is -1.65. The fourth-order valence-electron chi connectivity index (χ4n) is 1.58. The minimum absolute atomic E-state index is 0.183. The lowest BCUT2D eigenvalue weighted by atomic mass is 10.2. The van der Waals surface area contributed by atoms with Gasteiger partial charge in [0.15, 0.2) is 0 Å². The van der Waals surface area contributed by atoms with E-state index in [-0.39, 0.29) is 11.7 Å². The third-order valence-electron chi connectivity index (χ3n) is 2.44. The van der Waals surface area contributed by atoms with Gasteiger partial charge in [0.05, 0.1) is 13.2 Å². The molecular formula is C14H18F2O3. The fourth-order valence-corrected chi connectivity index (χ4v) is 1.58. The van der Waals surface area contributed by atoms with Crippen LogP contribution >= 0.6 is 0 Å². The van der Waals surface area contributed by atoms with Crippen LogP contribution in [0, 0.1) is 11.6 Å². The van der Waals surface area contributed by atoms with E-state index in [9.17, 15) is 13.6 Å². The second kappa shape index (κ2) is 8.45. The molecule has 1 aromatic carbocycles. The molecule has 106 valence electrons. The number of carbonyl (C=O) groups is 1. The summed E-state index contributed by atoms with van der Waals surface area (Å²) in [5.74, 6) is -1.33. The molecule has 1 rings (SSSR count). The highest BCUT2D eigenvalue weighted by Crippen LogP contribution is 2.15. The molecule has 0 unspecified atom stereocenters. The zero-order valence-electron chi connectivity index (χ0n) is 11.0. The number of hydrogen-bond donors (Lipinski definition) is 0. The van der Waals surface area contributed by atoms with Gasteiger partial charge in [-0.3, -0.25) is 4.79 Å². The monoisotopic (exact) mass is 272 g/mol. The van der Waals surface area contributed by atoms with Crippen LogP contribution in [0.5, 0.6) is 5.75 Å². The van der Waals surface area contributed by atoms with Crippen molar-refractivity contribution >= 4 is 5.97 Å². The van der Waals surface area contributed by atoms with E-state index in [1.54, 1.807) is 6.92 Å². The predicted molar refractivity (Wildman–Crippen MR) is 67.0 cm³/mol. The Morgan fingerprint density at radius 3 is 2.42 bits per heavy atom. The van der Waals surface area contributed by atoms with Gasteiger partial charge in [-0.05, 0) is 26.2 Å². The Labute approximate surface area is 111 Å². The lowest BCUT2D eigenvalue weighted by molar-refractivity contribution is -0.143.